The van der Waals surface area contributed by atoms with Crippen LogP contribution in [0, 0.1) is 23.2 Å². The van der Waals surface area contributed by atoms with Crippen molar-refractivity contribution in [3.63, 3.8) is 0 Å². The maximum absolute atomic E-state index is 13.3. The molecule has 1 amide bonds. The molecule has 4 heterocycles. The lowest BCUT2D eigenvalue weighted by atomic mass is 9.70. The fourth-order valence-corrected chi connectivity index (χ4v) is 5.23. The highest BCUT2D eigenvalue weighted by Crippen LogP contribution is 2.60. The van der Waals surface area contributed by atoms with Crippen molar-refractivity contribution in [1.82, 2.24) is 0 Å². The number of halogens is 3. The van der Waals surface area contributed by atoms with Gasteiger partial charge >= 0.3 is 6.18 Å². The molecule has 136 valence electrons. The molecule has 5 atom stereocenters. The number of hydrogen-bond donors (Lipinski definition) is 0. The minimum absolute atomic E-state index is 0.122. The van der Waals surface area contributed by atoms with Gasteiger partial charge in [0.2, 0.25) is 5.91 Å². The molecule has 0 N–H and O–H groups in total. The number of hydrogen-bond acceptors (Lipinski definition) is 4. The van der Waals surface area contributed by atoms with Crippen LogP contribution in [0.4, 0.5) is 18.9 Å². The fraction of sp³-hybridized carbons (Fsp3) is 0.556. The van der Waals surface area contributed by atoms with Crippen molar-refractivity contribution in [2.24, 2.45) is 11.8 Å². The molecule has 1 aromatic carbocycles. The SMILES string of the molecule is N#Cc1ccc(N2C(=O)[C@H]3[C@H]4[C@@H]2OCC[C@]42CC[C@H]3O2)cc1C(F)(F)F. The van der Waals surface area contributed by atoms with Crippen LogP contribution in [0.25, 0.3) is 0 Å². The number of carbonyl (C=O) groups excluding carboxylic acids is 1. The van der Waals surface area contributed by atoms with Gasteiger partial charge < -0.3 is 9.47 Å². The number of benzene rings is 1. The van der Waals surface area contributed by atoms with E-state index in [4.69, 9.17) is 14.7 Å². The maximum atomic E-state index is 13.3. The Bertz CT molecular complexity index is 849. The third-order valence-corrected chi connectivity index (χ3v) is 6.24. The zero-order valence-corrected chi connectivity index (χ0v) is 13.6. The predicted octanol–water partition coefficient (Wildman–Crippen LogP) is 2.83. The molecule has 5 rings (SSSR count). The lowest BCUT2D eigenvalue weighted by Gasteiger charge is -2.41. The minimum atomic E-state index is -4.67. The Morgan fingerprint density at radius 1 is 1.31 bits per heavy atom. The first-order chi connectivity index (χ1) is 12.4. The number of nitrogens with zero attached hydrogens (tertiary/aromatic N) is 2. The van der Waals surface area contributed by atoms with Gasteiger partial charge in [-0.1, -0.05) is 0 Å². The minimum Gasteiger partial charge on any atom is -0.370 e. The Hall–Kier alpha value is -2.11. The highest BCUT2D eigenvalue weighted by atomic mass is 19.4. The van der Waals surface area contributed by atoms with Gasteiger partial charge in [0.25, 0.3) is 0 Å². The number of ether oxygens (including phenoxy) is 2. The summed E-state index contributed by atoms with van der Waals surface area (Å²) < 4.78 is 51.9. The van der Waals surface area contributed by atoms with Gasteiger partial charge in [0, 0.05) is 18.0 Å². The summed E-state index contributed by atoms with van der Waals surface area (Å²) in [4.78, 5) is 14.4. The molecule has 26 heavy (non-hydrogen) atoms. The standard InChI is InChI=1S/C18H15F3N2O3/c19-18(20,21)11-7-10(2-1-9(11)8-22)23-15(24)13-12-3-4-17(26-12)5-6-25-16(23)14(13)17/h1-2,7,12-14,16H,3-6H2/t12-,13-,14+,16+,17-/m1/s1. The molecule has 1 aromatic rings. The van der Waals surface area contributed by atoms with Crippen LogP contribution in [0.1, 0.15) is 30.4 Å². The molecular weight excluding hydrogens is 349 g/mol. The molecule has 0 aliphatic carbocycles. The molecule has 0 radical (unpaired) electrons. The van der Waals surface area contributed by atoms with E-state index in [-0.39, 0.29) is 35.1 Å². The highest BCUT2D eigenvalue weighted by Gasteiger charge is 2.70. The van der Waals surface area contributed by atoms with Gasteiger partial charge in [-0.25, -0.2) is 0 Å². The number of carbonyl (C=O) groups is 1. The van der Waals surface area contributed by atoms with E-state index in [9.17, 15) is 18.0 Å². The largest absolute Gasteiger partial charge is 0.417 e. The van der Waals surface area contributed by atoms with Gasteiger partial charge in [-0.15, -0.1) is 0 Å². The normalized spacial score (nSPS) is 37.8. The number of anilines is 1. The van der Waals surface area contributed by atoms with E-state index in [1.165, 1.54) is 11.0 Å². The number of rotatable bonds is 1. The predicted molar refractivity (Wildman–Crippen MR) is 81.8 cm³/mol. The second-order valence-electron chi connectivity index (χ2n) is 7.37. The van der Waals surface area contributed by atoms with Crippen molar-refractivity contribution in [3.05, 3.63) is 29.3 Å². The summed E-state index contributed by atoms with van der Waals surface area (Å²) in [6.45, 7) is 0.410. The molecule has 0 saturated carbocycles. The first-order valence-corrected chi connectivity index (χ1v) is 8.60. The molecule has 0 aromatic heterocycles. The van der Waals surface area contributed by atoms with E-state index in [0.717, 1.165) is 25.0 Å². The van der Waals surface area contributed by atoms with Gasteiger partial charge in [-0.2, -0.15) is 18.4 Å². The summed E-state index contributed by atoms with van der Waals surface area (Å²) in [5.41, 5.74) is -1.76. The quantitative estimate of drug-likeness (QED) is 0.769. The van der Waals surface area contributed by atoms with Crippen molar-refractivity contribution in [3.8, 4) is 6.07 Å². The first kappa shape index (κ1) is 16.1. The Kier molecular flexibility index (Phi) is 3.09. The smallest absolute Gasteiger partial charge is 0.370 e. The third kappa shape index (κ3) is 1.90. The van der Waals surface area contributed by atoms with Crippen molar-refractivity contribution < 1.29 is 27.4 Å². The molecule has 1 spiro atoms. The summed E-state index contributed by atoms with van der Waals surface area (Å²) in [7, 11) is 0. The van der Waals surface area contributed by atoms with E-state index in [1.54, 1.807) is 6.07 Å². The van der Waals surface area contributed by atoms with Crippen LogP contribution in [-0.2, 0) is 20.4 Å². The van der Waals surface area contributed by atoms with Crippen LogP contribution >= 0.6 is 0 Å². The number of alkyl halides is 3. The summed E-state index contributed by atoms with van der Waals surface area (Å²) >= 11 is 0. The topological polar surface area (TPSA) is 62.6 Å². The van der Waals surface area contributed by atoms with E-state index in [1.807, 2.05) is 0 Å². The van der Waals surface area contributed by atoms with E-state index < -0.39 is 23.5 Å². The van der Waals surface area contributed by atoms with Crippen molar-refractivity contribution in [2.45, 2.75) is 43.4 Å². The highest BCUT2D eigenvalue weighted by molar-refractivity contribution is 5.99. The number of nitriles is 1. The average Bonchev–Trinajstić information content (AvgIpc) is 3.25. The molecule has 4 aliphatic rings. The van der Waals surface area contributed by atoms with Gasteiger partial charge in [0.15, 0.2) is 0 Å². The number of fused-ring (bicyclic) bond motifs is 2. The lowest BCUT2D eigenvalue weighted by Crippen LogP contribution is -2.51. The molecular formula is C18H15F3N2O3. The van der Waals surface area contributed by atoms with Crippen molar-refractivity contribution in [2.75, 3.05) is 11.5 Å². The molecule has 4 aliphatic heterocycles. The molecule has 5 nitrogen and oxygen atoms in total. The molecule has 4 saturated heterocycles. The van der Waals surface area contributed by atoms with Crippen LogP contribution in [0.2, 0.25) is 0 Å². The van der Waals surface area contributed by atoms with Gasteiger partial charge in [0.1, 0.15) is 6.23 Å². The second kappa shape index (κ2) is 4.99. The van der Waals surface area contributed by atoms with Crippen LogP contribution in [0.15, 0.2) is 18.2 Å². The maximum Gasteiger partial charge on any atom is 0.417 e. The zero-order chi connectivity index (χ0) is 18.3. The lowest BCUT2D eigenvalue weighted by molar-refractivity contribution is -0.138. The van der Waals surface area contributed by atoms with E-state index in [0.29, 0.717) is 13.0 Å². The molecule has 2 bridgehead atoms. The van der Waals surface area contributed by atoms with Crippen molar-refractivity contribution in [1.29, 1.82) is 5.26 Å². The van der Waals surface area contributed by atoms with E-state index >= 15 is 0 Å². The summed E-state index contributed by atoms with van der Waals surface area (Å²) in [6, 6.07) is 4.95. The van der Waals surface area contributed by atoms with Crippen LogP contribution < -0.4 is 4.90 Å². The summed E-state index contributed by atoms with van der Waals surface area (Å²) in [5, 5.41) is 8.97. The fourth-order valence-electron chi connectivity index (χ4n) is 5.23. The van der Waals surface area contributed by atoms with Crippen LogP contribution in [0.3, 0.4) is 0 Å². The Morgan fingerprint density at radius 3 is 2.85 bits per heavy atom. The Labute approximate surface area is 147 Å². The number of amides is 1. The van der Waals surface area contributed by atoms with Gasteiger partial charge in [-0.3, -0.25) is 9.69 Å². The average molecular weight is 364 g/mol. The Balaban J connectivity index is 1.60. The van der Waals surface area contributed by atoms with Crippen LogP contribution in [-0.4, -0.2) is 30.4 Å². The summed E-state index contributed by atoms with van der Waals surface area (Å²) in [5.74, 6) is -0.752. The van der Waals surface area contributed by atoms with Gasteiger partial charge in [0.05, 0.1) is 41.4 Å². The second-order valence-corrected chi connectivity index (χ2v) is 7.37. The van der Waals surface area contributed by atoms with Crippen LogP contribution in [0.5, 0.6) is 0 Å². The molecule has 0 unspecified atom stereocenters. The molecule has 4 fully saturated rings. The molecule has 8 heteroatoms. The van der Waals surface area contributed by atoms with Crippen molar-refractivity contribution >= 4 is 11.6 Å². The zero-order valence-electron chi connectivity index (χ0n) is 13.6. The third-order valence-electron chi connectivity index (χ3n) is 6.24. The van der Waals surface area contributed by atoms with Gasteiger partial charge in [-0.05, 0) is 31.0 Å². The summed E-state index contributed by atoms with van der Waals surface area (Å²) in [6.07, 6.45) is -3.09. The Morgan fingerprint density at radius 2 is 2.12 bits per heavy atom. The van der Waals surface area contributed by atoms with E-state index in [2.05, 4.69) is 0 Å². The first-order valence-electron chi connectivity index (χ1n) is 8.60. The monoisotopic (exact) mass is 364 g/mol.